The lowest BCUT2D eigenvalue weighted by atomic mass is 9.97. The Bertz CT molecular complexity index is 2490. The molecule has 7 aromatic rings. The molecule has 0 bridgehead atoms. The lowest BCUT2D eigenvalue weighted by molar-refractivity contribution is 0.0967. The largest absolute Gasteiger partial charge is 0.348 e. The Morgan fingerprint density at radius 1 is 0.464 bits per heavy atom. The molecule has 10 rings (SSSR count). The smallest absolute Gasteiger partial charge is 0.252 e. The van der Waals surface area contributed by atoms with Crippen LogP contribution in [0.15, 0.2) is 109 Å². The predicted octanol–water partition coefficient (Wildman–Crippen LogP) is 7.56. The number of carbonyl (C=O) groups is 1. The zero-order chi connectivity index (χ0) is 37.4. The molecule has 3 aliphatic rings. The number of amides is 1. The van der Waals surface area contributed by atoms with Crippen molar-refractivity contribution in [2.24, 2.45) is 0 Å². The van der Waals surface area contributed by atoms with Gasteiger partial charge in [0.2, 0.25) is 0 Å². The first kappa shape index (κ1) is 35.4. The summed E-state index contributed by atoms with van der Waals surface area (Å²) in [6.07, 6.45) is 2.15. The molecule has 56 heavy (non-hydrogen) atoms. The average Bonchev–Trinajstić information content (AvgIpc) is 3.89. The summed E-state index contributed by atoms with van der Waals surface area (Å²) in [5, 5.41) is 8.09. The lowest BCUT2D eigenvalue weighted by Crippen LogP contribution is -2.46. The first-order valence-electron chi connectivity index (χ1n) is 20.9. The van der Waals surface area contributed by atoms with E-state index < -0.39 is 0 Å². The van der Waals surface area contributed by atoms with E-state index in [0.29, 0.717) is 6.54 Å². The Balaban J connectivity index is 0.937. The Kier molecular flexibility index (Phi) is 9.81. The third kappa shape index (κ3) is 6.68. The lowest BCUT2D eigenvalue weighted by Gasteiger charge is -2.34. The van der Waals surface area contributed by atoms with Gasteiger partial charge in [0.05, 0.1) is 16.6 Å². The fourth-order valence-electron chi connectivity index (χ4n) is 10.0. The van der Waals surface area contributed by atoms with Gasteiger partial charge in [-0.05, 0) is 54.8 Å². The molecule has 2 fully saturated rings. The van der Waals surface area contributed by atoms with Gasteiger partial charge in [0, 0.05) is 118 Å². The molecule has 2 saturated heterocycles. The third-order valence-electron chi connectivity index (χ3n) is 12.8. The highest BCUT2D eigenvalue weighted by molar-refractivity contribution is 6.30. The molecular weight excluding hydrogens is 691 g/mol. The summed E-state index contributed by atoms with van der Waals surface area (Å²) < 4.78 is 5.19. The van der Waals surface area contributed by atoms with Gasteiger partial charge in [-0.25, -0.2) is 0 Å². The zero-order valence-corrected chi connectivity index (χ0v) is 32.5. The van der Waals surface area contributed by atoms with Crippen LogP contribution in [-0.4, -0.2) is 100 Å². The van der Waals surface area contributed by atoms with E-state index in [-0.39, 0.29) is 5.91 Å². The molecule has 5 aromatic carbocycles. The number of hydrogen-bond donors (Lipinski definition) is 1. The van der Waals surface area contributed by atoms with Crippen molar-refractivity contribution < 1.29 is 4.79 Å². The molecule has 0 aliphatic carbocycles. The Morgan fingerprint density at radius 2 is 0.893 bits per heavy atom. The highest BCUT2D eigenvalue weighted by Crippen LogP contribution is 2.45. The van der Waals surface area contributed by atoms with Crippen LogP contribution in [-0.2, 0) is 32.7 Å². The minimum atomic E-state index is 0.0615. The van der Waals surface area contributed by atoms with Gasteiger partial charge in [-0.1, -0.05) is 97.1 Å². The van der Waals surface area contributed by atoms with E-state index in [1.807, 2.05) is 0 Å². The van der Waals surface area contributed by atoms with Gasteiger partial charge < -0.3 is 24.3 Å². The van der Waals surface area contributed by atoms with Crippen LogP contribution in [0.1, 0.15) is 39.9 Å². The molecule has 0 atom stereocenters. The monoisotopic (exact) mass is 743 g/mol. The van der Waals surface area contributed by atoms with Gasteiger partial charge in [-0.2, -0.15) is 0 Å². The molecule has 0 saturated carbocycles. The summed E-state index contributed by atoms with van der Waals surface area (Å²) in [5.41, 5.74) is 9.88. The summed E-state index contributed by atoms with van der Waals surface area (Å²) in [5.74, 6) is 0.0615. The molecule has 0 unspecified atom stereocenters. The number of nitrogens with zero attached hydrogens (tertiary/aromatic N) is 6. The van der Waals surface area contributed by atoms with Crippen LogP contribution >= 0.6 is 0 Å². The molecule has 286 valence electrons. The Labute approximate surface area is 329 Å². The van der Waals surface area contributed by atoms with Crippen molar-refractivity contribution in [1.82, 2.24) is 34.1 Å². The van der Waals surface area contributed by atoms with E-state index in [2.05, 4.69) is 143 Å². The standard InChI is InChI=1S/C48H53N7O/c56-48-45-40(33-49-48)43-38-17-7-9-19-41(38)54(23-11-21-50-25-29-52(30-26-50)34-36-13-3-1-4-14-36)46(43)47-44(45)39-18-8-10-20-42(39)55(47)24-12-22-51-27-31-53(32-28-51)35-37-15-5-2-6-16-37/h1-10,13-20H,11-12,21-35H2,(H,49,56). The maximum absolute atomic E-state index is 13.8. The third-order valence-corrected chi connectivity index (χ3v) is 12.8. The van der Waals surface area contributed by atoms with Gasteiger partial charge in [-0.3, -0.25) is 14.6 Å². The fraction of sp³-hybridized carbons (Fsp3) is 0.354. The molecule has 0 spiro atoms. The maximum Gasteiger partial charge on any atom is 0.252 e. The summed E-state index contributed by atoms with van der Waals surface area (Å²) in [6.45, 7) is 15.5. The fourth-order valence-corrected chi connectivity index (χ4v) is 10.0. The van der Waals surface area contributed by atoms with Crippen LogP contribution in [0, 0.1) is 0 Å². The first-order chi connectivity index (χ1) is 27.7. The number of fused-ring (bicyclic) bond motifs is 10. The summed E-state index contributed by atoms with van der Waals surface area (Å²) >= 11 is 0. The van der Waals surface area contributed by atoms with Crippen molar-refractivity contribution >= 4 is 49.5 Å². The van der Waals surface area contributed by atoms with Gasteiger partial charge in [0.1, 0.15) is 0 Å². The number of piperazine rings is 2. The second-order valence-electron chi connectivity index (χ2n) is 16.2. The number of aromatic nitrogens is 2. The SMILES string of the molecule is O=C1NCc2c1c1c3ccccc3n(CCCN3CCN(Cc4ccccc4)CC3)c1c1c2c2ccccc2n1CCCN1CCN(Cc2ccccc2)CC1. The normalized spacial score (nSPS) is 17.5. The molecule has 1 amide bonds. The summed E-state index contributed by atoms with van der Waals surface area (Å²) in [6, 6.07) is 39.5. The average molecular weight is 744 g/mol. The van der Waals surface area contributed by atoms with Crippen molar-refractivity contribution in [3.8, 4) is 0 Å². The van der Waals surface area contributed by atoms with Crippen molar-refractivity contribution in [2.75, 3.05) is 65.4 Å². The minimum Gasteiger partial charge on any atom is -0.348 e. The number of rotatable bonds is 12. The van der Waals surface area contributed by atoms with Gasteiger partial charge >= 0.3 is 0 Å². The number of para-hydroxylation sites is 2. The Hall–Kier alpha value is -4.99. The summed E-state index contributed by atoms with van der Waals surface area (Å²) in [4.78, 5) is 24.3. The van der Waals surface area contributed by atoms with Crippen molar-refractivity contribution in [2.45, 2.75) is 45.6 Å². The maximum atomic E-state index is 13.8. The van der Waals surface area contributed by atoms with Crippen molar-refractivity contribution in [1.29, 1.82) is 0 Å². The second-order valence-corrected chi connectivity index (χ2v) is 16.2. The summed E-state index contributed by atoms with van der Waals surface area (Å²) in [7, 11) is 0. The number of nitrogens with one attached hydrogen (secondary N) is 1. The van der Waals surface area contributed by atoms with E-state index in [0.717, 1.165) is 115 Å². The van der Waals surface area contributed by atoms with E-state index in [4.69, 9.17) is 0 Å². The quantitative estimate of drug-likeness (QED) is 0.140. The van der Waals surface area contributed by atoms with Crippen LogP contribution in [0.4, 0.5) is 0 Å². The van der Waals surface area contributed by atoms with E-state index in [1.165, 1.54) is 54.9 Å². The van der Waals surface area contributed by atoms with Gasteiger partial charge in [-0.15, -0.1) is 0 Å². The minimum absolute atomic E-state index is 0.0615. The van der Waals surface area contributed by atoms with E-state index in [1.54, 1.807) is 0 Å². The molecule has 8 nitrogen and oxygen atoms in total. The van der Waals surface area contributed by atoms with Crippen molar-refractivity contribution in [3.05, 3.63) is 131 Å². The van der Waals surface area contributed by atoms with Gasteiger partial charge in [0.25, 0.3) is 5.91 Å². The van der Waals surface area contributed by atoms with Crippen LogP contribution in [0.25, 0.3) is 43.6 Å². The Morgan fingerprint density at radius 3 is 1.41 bits per heavy atom. The molecule has 3 aliphatic heterocycles. The number of benzene rings is 5. The van der Waals surface area contributed by atoms with E-state index >= 15 is 0 Å². The molecular formula is C48H53N7O. The highest BCUT2D eigenvalue weighted by Gasteiger charge is 2.32. The van der Waals surface area contributed by atoms with Crippen LogP contribution in [0.2, 0.25) is 0 Å². The molecule has 8 heteroatoms. The molecule has 5 heterocycles. The topological polar surface area (TPSA) is 51.9 Å². The van der Waals surface area contributed by atoms with E-state index in [9.17, 15) is 4.79 Å². The number of hydrogen-bond acceptors (Lipinski definition) is 5. The highest BCUT2D eigenvalue weighted by atomic mass is 16.1. The molecule has 1 N–H and O–H groups in total. The number of aryl methyl sites for hydroxylation is 2. The number of carbonyl (C=O) groups excluding carboxylic acids is 1. The van der Waals surface area contributed by atoms with Gasteiger partial charge in [0.15, 0.2) is 0 Å². The van der Waals surface area contributed by atoms with Crippen LogP contribution in [0.3, 0.4) is 0 Å². The zero-order valence-electron chi connectivity index (χ0n) is 32.5. The second kappa shape index (κ2) is 15.5. The molecule has 0 radical (unpaired) electrons. The molecule has 2 aromatic heterocycles. The van der Waals surface area contributed by atoms with Crippen LogP contribution in [0.5, 0.6) is 0 Å². The predicted molar refractivity (Wildman–Crippen MR) is 229 cm³/mol. The first-order valence-corrected chi connectivity index (χ1v) is 20.9. The van der Waals surface area contributed by atoms with Crippen LogP contribution < -0.4 is 5.32 Å². The van der Waals surface area contributed by atoms with Crippen molar-refractivity contribution in [3.63, 3.8) is 0 Å².